The molecule has 1 saturated carbocycles. The van der Waals surface area contributed by atoms with Gasteiger partial charge in [-0.15, -0.1) is 0 Å². The summed E-state index contributed by atoms with van der Waals surface area (Å²) in [6.45, 7) is 2.97. The molecule has 8 heteroatoms. The van der Waals surface area contributed by atoms with Gasteiger partial charge in [-0.05, 0) is 31.9 Å². The lowest BCUT2D eigenvalue weighted by Crippen LogP contribution is -2.42. The Kier molecular flexibility index (Phi) is 5.50. The summed E-state index contributed by atoms with van der Waals surface area (Å²) in [4.78, 5) is 16.7. The van der Waals surface area contributed by atoms with Crippen LogP contribution in [-0.4, -0.2) is 44.9 Å². The highest BCUT2D eigenvalue weighted by atomic mass is 16.3. The number of anilines is 1. The molecule has 3 aromatic rings. The highest BCUT2D eigenvalue weighted by Crippen LogP contribution is 2.29. The van der Waals surface area contributed by atoms with Crippen molar-refractivity contribution in [1.82, 2.24) is 25.2 Å². The fraction of sp³-hybridized carbons (Fsp3) is 0.381. The van der Waals surface area contributed by atoms with Crippen LogP contribution in [0.25, 0.3) is 16.9 Å². The van der Waals surface area contributed by atoms with Gasteiger partial charge in [0.2, 0.25) is 0 Å². The summed E-state index contributed by atoms with van der Waals surface area (Å²) in [5.74, 6) is 0.928. The third-order valence-corrected chi connectivity index (χ3v) is 5.24. The lowest BCUT2D eigenvalue weighted by molar-refractivity contribution is 0.237. The van der Waals surface area contributed by atoms with E-state index in [2.05, 4.69) is 26.0 Å². The first-order chi connectivity index (χ1) is 14.1. The molecule has 1 aliphatic rings. The number of rotatable bonds is 6. The summed E-state index contributed by atoms with van der Waals surface area (Å²) < 4.78 is 1.73. The standard InChI is InChI=1S/C21H26N6O2/c1-14-13-24-27-19(22-10-11-23-21(29)25-15-6-2-3-7-15)12-17(26-20(14)27)16-8-4-5-9-18(16)28/h4-5,8-9,12-13,15,22,28H,2-3,6-7,10-11H2,1H3,(H2,23,25,29). The number of carbonyl (C=O) groups is 1. The minimum atomic E-state index is -0.122. The van der Waals surface area contributed by atoms with E-state index in [-0.39, 0.29) is 11.8 Å². The quantitative estimate of drug-likeness (QED) is 0.481. The maximum absolute atomic E-state index is 12.0. The number of urea groups is 1. The van der Waals surface area contributed by atoms with Crippen LogP contribution in [0.3, 0.4) is 0 Å². The third-order valence-electron chi connectivity index (χ3n) is 5.24. The van der Waals surface area contributed by atoms with Crippen LogP contribution in [0.2, 0.25) is 0 Å². The van der Waals surface area contributed by atoms with Crippen molar-refractivity contribution in [2.24, 2.45) is 0 Å². The predicted molar refractivity (Wildman–Crippen MR) is 112 cm³/mol. The van der Waals surface area contributed by atoms with Crippen molar-refractivity contribution in [3.8, 4) is 17.0 Å². The maximum atomic E-state index is 12.0. The zero-order valence-corrected chi connectivity index (χ0v) is 16.5. The molecule has 8 nitrogen and oxygen atoms in total. The van der Waals surface area contributed by atoms with Crippen LogP contribution >= 0.6 is 0 Å². The number of nitrogens with one attached hydrogen (secondary N) is 3. The van der Waals surface area contributed by atoms with E-state index in [4.69, 9.17) is 0 Å². The monoisotopic (exact) mass is 394 g/mol. The van der Waals surface area contributed by atoms with E-state index in [0.717, 1.165) is 29.9 Å². The van der Waals surface area contributed by atoms with E-state index in [1.807, 2.05) is 25.1 Å². The number of hydrogen-bond acceptors (Lipinski definition) is 5. The molecule has 2 heterocycles. The van der Waals surface area contributed by atoms with Crippen LogP contribution in [0, 0.1) is 6.92 Å². The maximum Gasteiger partial charge on any atom is 0.315 e. The molecule has 4 N–H and O–H groups in total. The van der Waals surface area contributed by atoms with Gasteiger partial charge in [-0.3, -0.25) is 0 Å². The molecule has 29 heavy (non-hydrogen) atoms. The minimum absolute atomic E-state index is 0.122. The van der Waals surface area contributed by atoms with Crippen LogP contribution in [-0.2, 0) is 0 Å². The van der Waals surface area contributed by atoms with Gasteiger partial charge in [-0.1, -0.05) is 25.0 Å². The topological polar surface area (TPSA) is 104 Å². The van der Waals surface area contributed by atoms with Crippen molar-refractivity contribution in [2.45, 2.75) is 38.6 Å². The fourth-order valence-corrected chi connectivity index (χ4v) is 3.70. The highest BCUT2D eigenvalue weighted by molar-refractivity contribution is 5.74. The average Bonchev–Trinajstić information content (AvgIpc) is 3.35. The first-order valence-corrected chi connectivity index (χ1v) is 10.0. The summed E-state index contributed by atoms with van der Waals surface area (Å²) in [6, 6.07) is 9.16. The molecule has 0 atom stereocenters. The Morgan fingerprint density at radius 1 is 1.24 bits per heavy atom. The van der Waals surface area contributed by atoms with E-state index in [0.29, 0.717) is 30.4 Å². The van der Waals surface area contributed by atoms with Gasteiger partial charge in [0.05, 0.1) is 11.9 Å². The number of carbonyl (C=O) groups excluding carboxylic acids is 1. The molecule has 1 aromatic carbocycles. The number of amides is 2. The number of benzene rings is 1. The van der Waals surface area contributed by atoms with Crippen molar-refractivity contribution in [3.05, 3.63) is 42.1 Å². The average molecular weight is 394 g/mol. The molecule has 0 unspecified atom stereocenters. The SMILES string of the molecule is Cc1cnn2c(NCCNC(=O)NC3CCCC3)cc(-c3ccccc3O)nc12. The lowest BCUT2D eigenvalue weighted by Gasteiger charge is -2.14. The molecule has 2 amide bonds. The first-order valence-electron chi connectivity index (χ1n) is 10.0. The number of nitrogens with zero attached hydrogens (tertiary/aromatic N) is 3. The molecule has 0 bridgehead atoms. The number of fused-ring (bicyclic) bond motifs is 1. The molecule has 0 spiro atoms. The number of aromatic hydroxyl groups is 1. The molecule has 0 aliphatic heterocycles. The Bertz CT molecular complexity index is 1010. The Morgan fingerprint density at radius 2 is 2.03 bits per heavy atom. The lowest BCUT2D eigenvalue weighted by atomic mass is 10.1. The van der Waals surface area contributed by atoms with E-state index < -0.39 is 0 Å². The number of phenols is 1. The molecule has 1 aliphatic carbocycles. The van der Waals surface area contributed by atoms with Gasteiger partial charge >= 0.3 is 6.03 Å². The van der Waals surface area contributed by atoms with Crippen molar-refractivity contribution >= 4 is 17.5 Å². The Morgan fingerprint density at radius 3 is 2.83 bits per heavy atom. The Balaban J connectivity index is 1.45. The van der Waals surface area contributed by atoms with Gasteiger partial charge in [-0.25, -0.2) is 9.78 Å². The molecule has 152 valence electrons. The van der Waals surface area contributed by atoms with Crippen molar-refractivity contribution < 1.29 is 9.90 Å². The van der Waals surface area contributed by atoms with E-state index >= 15 is 0 Å². The fourth-order valence-electron chi connectivity index (χ4n) is 3.70. The second kappa shape index (κ2) is 8.38. The zero-order chi connectivity index (χ0) is 20.2. The number of hydrogen-bond donors (Lipinski definition) is 4. The predicted octanol–water partition coefficient (Wildman–Crippen LogP) is 3.06. The minimum Gasteiger partial charge on any atom is -0.507 e. The van der Waals surface area contributed by atoms with Gasteiger partial charge < -0.3 is 21.1 Å². The molecule has 4 rings (SSSR count). The van der Waals surface area contributed by atoms with Crippen LogP contribution < -0.4 is 16.0 Å². The number of aromatic nitrogens is 3. The Labute approximate surface area is 169 Å². The van der Waals surface area contributed by atoms with E-state index in [1.165, 1.54) is 12.8 Å². The van der Waals surface area contributed by atoms with Crippen LogP contribution in [0.5, 0.6) is 5.75 Å². The molecule has 0 radical (unpaired) electrons. The number of para-hydroxylation sites is 1. The number of aryl methyl sites for hydroxylation is 1. The van der Waals surface area contributed by atoms with Crippen LogP contribution in [0.4, 0.5) is 10.6 Å². The number of phenolic OH excluding ortho intramolecular Hbond substituents is 1. The third kappa shape index (κ3) is 4.26. The molecule has 1 fully saturated rings. The summed E-state index contributed by atoms with van der Waals surface area (Å²) in [5.41, 5.74) is 2.99. The van der Waals surface area contributed by atoms with Crippen molar-refractivity contribution in [2.75, 3.05) is 18.4 Å². The second-order valence-electron chi connectivity index (χ2n) is 7.42. The summed E-state index contributed by atoms with van der Waals surface area (Å²) in [5, 5.41) is 23.8. The molecular formula is C21H26N6O2. The van der Waals surface area contributed by atoms with E-state index in [1.54, 1.807) is 22.8 Å². The van der Waals surface area contributed by atoms with Gasteiger partial charge in [0.25, 0.3) is 0 Å². The summed E-state index contributed by atoms with van der Waals surface area (Å²) in [7, 11) is 0. The second-order valence-corrected chi connectivity index (χ2v) is 7.42. The van der Waals surface area contributed by atoms with Crippen LogP contribution in [0.1, 0.15) is 31.2 Å². The van der Waals surface area contributed by atoms with Gasteiger partial charge in [0, 0.05) is 36.3 Å². The largest absolute Gasteiger partial charge is 0.507 e. The van der Waals surface area contributed by atoms with Gasteiger partial charge in [0.15, 0.2) is 5.65 Å². The normalized spacial score (nSPS) is 14.2. The highest BCUT2D eigenvalue weighted by Gasteiger charge is 2.17. The molecule has 0 saturated heterocycles. The van der Waals surface area contributed by atoms with Crippen molar-refractivity contribution in [3.63, 3.8) is 0 Å². The van der Waals surface area contributed by atoms with Crippen molar-refractivity contribution in [1.29, 1.82) is 0 Å². The summed E-state index contributed by atoms with van der Waals surface area (Å²) >= 11 is 0. The molecule has 2 aromatic heterocycles. The van der Waals surface area contributed by atoms with Gasteiger partial charge in [-0.2, -0.15) is 9.61 Å². The Hall–Kier alpha value is -3.29. The smallest absolute Gasteiger partial charge is 0.315 e. The van der Waals surface area contributed by atoms with E-state index in [9.17, 15) is 9.90 Å². The summed E-state index contributed by atoms with van der Waals surface area (Å²) in [6.07, 6.45) is 6.26. The molecular weight excluding hydrogens is 368 g/mol. The van der Waals surface area contributed by atoms with Crippen LogP contribution in [0.15, 0.2) is 36.5 Å². The zero-order valence-electron chi connectivity index (χ0n) is 16.5. The first kappa shape index (κ1) is 19.0. The van der Waals surface area contributed by atoms with Gasteiger partial charge in [0.1, 0.15) is 11.6 Å².